The van der Waals surface area contributed by atoms with Gasteiger partial charge >= 0.3 is 5.91 Å². The molecule has 1 N–H and O–H groups in total. The molecule has 0 aliphatic carbocycles. The van der Waals surface area contributed by atoms with Crippen molar-refractivity contribution in [3.05, 3.63) is 111 Å². The minimum absolute atomic E-state index is 0.0641. The highest BCUT2D eigenvalue weighted by molar-refractivity contribution is 7.15. The van der Waals surface area contributed by atoms with Crippen LogP contribution in [0.5, 0.6) is 5.75 Å². The number of Topliss-reactive ketones (excluding diaryl/α,β-unsaturated/α-hetero) is 1. The number of anilines is 1. The van der Waals surface area contributed by atoms with Crippen LogP contribution in [0.3, 0.4) is 0 Å². The van der Waals surface area contributed by atoms with Gasteiger partial charge in [-0.2, -0.15) is 0 Å². The zero-order chi connectivity index (χ0) is 26.1. The second kappa shape index (κ2) is 9.94. The largest absolute Gasteiger partial charge is 0.507 e. The number of benzene rings is 3. The predicted octanol–water partition coefficient (Wildman–Crippen LogP) is 5.50. The van der Waals surface area contributed by atoms with Gasteiger partial charge in [0.05, 0.1) is 5.57 Å². The molecule has 2 heterocycles. The Labute approximate surface area is 216 Å². The minimum atomic E-state index is -1.20. The number of aliphatic hydroxyl groups is 1. The van der Waals surface area contributed by atoms with Crippen LogP contribution in [0.4, 0.5) is 9.52 Å². The summed E-state index contributed by atoms with van der Waals surface area (Å²) in [5.41, 5.74) is 2.27. The third-order valence-corrected chi connectivity index (χ3v) is 6.82. The number of carbonyl (C=O) groups excluding carboxylic acids is 2. The number of hydrogen-bond acceptors (Lipinski definition) is 7. The second-order valence-corrected chi connectivity index (χ2v) is 9.76. The van der Waals surface area contributed by atoms with Crippen molar-refractivity contribution in [1.82, 2.24) is 10.2 Å². The lowest BCUT2D eigenvalue weighted by molar-refractivity contribution is -0.132. The third-order valence-electron chi connectivity index (χ3n) is 5.98. The van der Waals surface area contributed by atoms with Gasteiger partial charge in [0.15, 0.2) is 0 Å². The molecule has 186 valence electrons. The number of aliphatic hydroxyl groups excluding tert-OH is 1. The normalized spacial score (nSPS) is 16.8. The Hall–Kier alpha value is -4.37. The maximum atomic E-state index is 14.9. The van der Waals surface area contributed by atoms with Crippen LogP contribution in [0, 0.1) is 19.7 Å². The van der Waals surface area contributed by atoms with Crippen molar-refractivity contribution < 1.29 is 23.8 Å². The lowest BCUT2D eigenvalue weighted by atomic mass is 9.95. The summed E-state index contributed by atoms with van der Waals surface area (Å²) in [6, 6.07) is 19.1. The molecule has 1 amide bonds. The monoisotopic (exact) mass is 515 g/mol. The number of carbonyl (C=O) groups is 2. The van der Waals surface area contributed by atoms with Gasteiger partial charge in [-0.15, -0.1) is 10.2 Å². The van der Waals surface area contributed by atoms with Gasteiger partial charge in [0, 0.05) is 11.1 Å². The van der Waals surface area contributed by atoms with Crippen LogP contribution in [0.15, 0.2) is 78.4 Å². The maximum Gasteiger partial charge on any atom is 0.301 e. The lowest BCUT2D eigenvalue weighted by Crippen LogP contribution is -2.29. The summed E-state index contributed by atoms with van der Waals surface area (Å²) in [4.78, 5) is 27.3. The molecule has 1 aromatic heterocycles. The van der Waals surface area contributed by atoms with Gasteiger partial charge in [-0.25, -0.2) is 4.39 Å². The Morgan fingerprint density at radius 3 is 2.46 bits per heavy atom. The van der Waals surface area contributed by atoms with Crippen molar-refractivity contribution in [2.24, 2.45) is 0 Å². The number of hydrogen-bond donors (Lipinski definition) is 1. The maximum absolute atomic E-state index is 14.9. The summed E-state index contributed by atoms with van der Waals surface area (Å²) in [7, 11) is 0. The Bertz CT molecular complexity index is 1530. The number of amides is 1. The van der Waals surface area contributed by atoms with Gasteiger partial charge in [-0.1, -0.05) is 59.4 Å². The van der Waals surface area contributed by atoms with Crippen molar-refractivity contribution >= 4 is 33.9 Å². The molecule has 1 aliphatic rings. The van der Waals surface area contributed by atoms with Crippen LogP contribution in [0.2, 0.25) is 0 Å². The van der Waals surface area contributed by atoms with E-state index in [9.17, 15) is 19.1 Å². The van der Waals surface area contributed by atoms with Crippen molar-refractivity contribution in [3.8, 4) is 5.75 Å². The number of ketones is 1. The van der Waals surface area contributed by atoms with Crippen LogP contribution >= 0.6 is 11.3 Å². The Balaban J connectivity index is 1.51. The smallest absolute Gasteiger partial charge is 0.301 e. The fourth-order valence-corrected chi connectivity index (χ4v) is 4.95. The number of rotatable bonds is 6. The Kier molecular flexibility index (Phi) is 6.54. The lowest BCUT2D eigenvalue weighted by Gasteiger charge is -2.22. The van der Waals surface area contributed by atoms with E-state index >= 15 is 0 Å². The van der Waals surface area contributed by atoms with Gasteiger partial charge < -0.3 is 9.84 Å². The van der Waals surface area contributed by atoms with Crippen LogP contribution < -0.4 is 9.64 Å². The minimum Gasteiger partial charge on any atom is -0.507 e. The number of nitrogens with zero attached hydrogens (tertiary/aromatic N) is 3. The van der Waals surface area contributed by atoms with E-state index in [-0.39, 0.29) is 21.8 Å². The van der Waals surface area contributed by atoms with E-state index in [4.69, 9.17) is 4.74 Å². The van der Waals surface area contributed by atoms with Crippen molar-refractivity contribution in [3.63, 3.8) is 0 Å². The molecule has 4 aromatic rings. The van der Waals surface area contributed by atoms with Crippen molar-refractivity contribution in [1.29, 1.82) is 0 Å². The Morgan fingerprint density at radius 2 is 1.78 bits per heavy atom. The van der Waals surface area contributed by atoms with E-state index in [2.05, 4.69) is 10.2 Å². The highest BCUT2D eigenvalue weighted by Gasteiger charge is 2.49. The van der Waals surface area contributed by atoms with Crippen LogP contribution in [0.1, 0.15) is 33.3 Å². The summed E-state index contributed by atoms with van der Waals surface area (Å²) in [5, 5.41) is 19.9. The molecular formula is C28H22FN3O4S. The third kappa shape index (κ3) is 4.73. The molecular weight excluding hydrogens is 493 g/mol. The molecule has 0 radical (unpaired) electrons. The van der Waals surface area contributed by atoms with E-state index in [1.165, 1.54) is 18.2 Å². The molecule has 1 unspecified atom stereocenters. The first-order valence-corrected chi connectivity index (χ1v) is 12.3. The number of aromatic nitrogens is 2. The molecule has 1 fully saturated rings. The van der Waals surface area contributed by atoms with Crippen LogP contribution in [-0.2, 0) is 16.2 Å². The second-order valence-electron chi connectivity index (χ2n) is 8.60. The fraction of sp³-hybridized carbons (Fsp3) is 0.143. The zero-order valence-corrected chi connectivity index (χ0v) is 20.8. The van der Waals surface area contributed by atoms with E-state index in [0.29, 0.717) is 17.4 Å². The molecule has 0 bridgehead atoms. The molecule has 1 saturated heterocycles. The van der Waals surface area contributed by atoms with E-state index in [1.54, 1.807) is 37.3 Å². The Morgan fingerprint density at radius 1 is 1.03 bits per heavy atom. The van der Waals surface area contributed by atoms with Crippen molar-refractivity contribution in [2.75, 3.05) is 4.90 Å². The highest BCUT2D eigenvalue weighted by atomic mass is 32.1. The number of ether oxygens (including phenoxy) is 1. The summed E-state index contributed by atoms with van der Waals surface area (Å²) in [5.74, 6) is -2.32. The first-order chi connectivity index (χ1) is 17.8. The zero-order valence-electron chi connectivity index (χ0n) is 20.0. The SMILES string of the molecule is Cc1cccc(COc2ccc(C(O)=C3C(=O)C(=O)N(c4nnc(C)s4)C3c3ccccc3F)cc2)c1. The summed E-state index contributed by atoms with van der Waals surface area (Å²) in [6.45, 7) is 4.08. The molecule has 37 heavy (non-hydrogen) atoms. The molecule has 5 rings (SSSR count). The van der Waals surface area contributed by atoms with Crippen LogP contribution in [0.25, 0.3) is 5.76 Å². The van der Waals surface area contributed by atoms with Gasteiger partial charge in [0.25, 0.3) is 5.78 Å². The topological polar surface area (TPSA) is 92.6 Å². The standard InChI is InChI=1S/C28H22FN3O4S/c1-16-6-5-7-18(14-16)15-36-20-12-10-19(11-13-20)25(33)23-24(21-8-3-4-9-22(21)29)32(27(35)26(23)34)28-31-30-17(2)37-28/h3-14,24,33H,15H2,1-2H3. The first kappa shape index (κ1) is 24.3. The van der Waals surface area contributed by atoms with E-state index in [1.807, 2.05) is 31.2 Å². The van der Waals surface area contributed by atoms with Crippen molar-refractivity contribution in [2.45, 2.75) is 26.5 Å². The van der Waals surface area contributed by atoms with Crippen LogP contribution in [-0.4, -0.2) is 27.0 Å². The van der Waals surface area contributed by atoms with Gasteiger partial charge in [0.1, 0.15) is 35.0 Å². The summed E-state index contributed by atoms with van der Waals surface area (Å²) >= 11 is 1.10. The molecule has 9 heteroatoms. The average molecular weight is 516 g/mol. The van der Waals surface area contributed by atoms with Gasteiger partial charge in [-0.05, 0) is 49.7 Å². The molecule has 7 nitrogen and oxygen atoms in total. The molecule has 0 spiro atoms. The highest BCUT2D eigenvalue weighted by Crippen LogP contribution is 2.43. The van der Waals surface area contributed by atoms with E-state index in [0.717, 1.165) is 27.4 Å². The summed E-state index contributed by atoms with van der Waals surface area (Å²) < 4.78 is 20.8. The molecule has 1 atom stereocenters. The quantitative estimate of drug-likeness (QED) is 0.207. The summed E-state index contributed by atoms with van der Waals surface area (Å²) in [6.07, 6.45) is 0. The molecule has 0 saturated carbocycles. The number of aryl methyl sites for hydroxylation is 2. The van der Waals surface area contributed by atoms with E-state index < -0.39 is 29.3 Å². The van der Waals surface area contributed by atoms with Gasteiger partial charge in [0.2, 0.25) is 5.13 Å². The molecule has 1 aliphatic heterocycles. The predicted molar refractivity (Wildman–Crippen MR) is 138 cm³/mol. The number of halogens is 1. The average Bonchev–Trinajstić information content (AvgIpc) is 3.43. The fourth-order valence-electron chi connectivity index (χ4n) is 4.24. The first-order valence-electron chi connectivity index (χ1n) is 11.5. The van der Waals surface area contributed by atoms with Gasteiger partial charge in [-0.3, -0.25) is 14.5 Å². The molecule has 3 aromatic carbocycles.